The number of hydrogen-bond donors (Lipinski definition) is 2. The molecule has 2 atom stereocenters. The van der Waals surface area contributed by atoms with Gasteiger partial charge in [0.05, 0.1) is 18.2 Å². The predicted octanol–water partition coefficient (Wildman–Crippen LogP) is 2.36. The van der Waals surface area contributed by atoms with Crippen LogP contribution in [-0.2, 0) is 4.79 Å². The lowest BCUT2D eigenvalue weighted by atomic mass is 9.87. The summed E-state index contributed by atoms with van der Waals surface area (Å²) in [5.74, 6) is -4.83. The highest BCUT2D eigenvalue weighted by Crippen LogP contribution is 2.40. The van der Waals surface area contributed by atoms with Crippen LogP contribution in [0.15, 0.2) is 41.5 Å². The number of anilines is 1. The molecule has 9 heteroatoms. The molecule has 1 amide bonds. The number of alkyl halides is 2. The summed E-state index contributed by atoms with van der Waals surface area (Å²) < 4.78 is 41.7. The fourth-order valence-corrected chi connectivity index (χ4v) is 3.11. The summed E-state index contributed by atoms with van der Waals surface area (Å²) in [6.45, 7) is 1.63. The van der Waals surface area contributed by atoms with E-state index in [9.17, 15) is 22.8 Å². The molecule has 1 saturated heterocycles. The Morgan fingerprint density at radius 1 is 1.37 bits per heavy atom. The molecular formula is C18H19F3N4O2. The number of amides is 1. The fraction of sp³-hybridized carbons (Fsp3) is 0.389. The van der Waals surface area contributed by atoms with E-state index in [4.69, 9.17) is 0 Å². The van der Waals surface area contributed by atoms with Gasteiger partial charge in [-0.3, -0.25) is 14.5 Å². The zero-order valence-electron chi connectivity index (χ0n) is 14.6. The van der Waals surface area contributed by atoms with E-state index in [2.05, 4.69) is 15.3 Å². The van der Waals surface area contributed by atoms with Crippen LogP contribution in [0, 0.1) is 5.82 Å². The molecule has 0 bridgehead atoms. The maximum atomic E-state index is 14.4. The molecule has 6 nitrogen and oxygen atoms in total. The molecule has 0 saturated carbocycles. The summed E-state index contributed by atoms with van der Waals surface area (Å²) in [6, 6.07) is 4.40. The fourth-order valence-electron chi connectivity index (χ4n) is 3.11. The van der Waals surface area contributed by atoms with E-state index in [-0.39, 0.29) is 24.5 Å². The lowest BCUT2D eigenvalue weighted by Gasteiger charge is -2.40. The van der Waals surface area contributed by atoms with Crippen LogP contribution in [0.1, 0.15) is 24.8 Å². The van der Waals surface area contributed by atoms with Crippen molar-refractivity contribution in [2.24, 2.45) is 0 Å². The van der Waals surface area contributed by atoms with Crippen molar-refractivity contribution in [1.29, 1.82) is 0 Å². The standard InChI is InChI=1S/C18H19F3N4O2/c1-11(17(27)24-15-4-3-13(19)9-22-15)25-7-6-18(20,21)14(10-25)12-2-5-16(26)23-8-12/h2-5,8-9,11,14H,6-7,10H2,1H3,(H,23,26)(H,22,24,27). The largest absolute Gasteiger partial charge is 0.329 e. The van der Waals surface area contributed by atoms with Crippen molar-refractivity contribution in [1.82, 2.24) is 14.9 Å². The molecular weight excluding hydrogens is 361 g/mol. The number of H-pyrrole nitrogens is 1. The molecule has 0 aliphatic carbocycles. The normalized spacial score (nSPS) is 20.8. The molecule has 1 aliphatic rings. The van der Waals surface area contributed by atoms with Crippen molar-refractivity contribution < 1.29 is 18.0 Å². The number of piperidine rings is 1. The second-order valence-corrected chi connectivity index (χ2v) is 6.57. The maximum Gasteiger partial charge on any atom is 0.257 e. The number of aromatic nitrogens is 2. The number of rotatable bonds is 4. The topological polar surface area (TPSA) is 78.1 Å². The van der Waals surface area contributed by atoms with Gasteiger partial charge in [0.1, 0.15) is 11.6 Å². The summed E-state index contributed by atoms with van der Waals surface area (Å²) >= 11 is 0. The highest BCUT2D eigenvalue weighted by molar-refractivity contribution is 5.93. The van der Waals surface area contributed by atoms with Crippen LogP contribution in [0.2, 0.25) is 0 Å². The van der Waals surface area contributed by atoms with Gasteiger partial charge >= 0.3 is 0 Å². The van der Waals surface area contributed by atoms with E-state index < -0.39 is 36.0 Å². The van der Waals surface area contributed by atoms with Crippen LogP contribution in [0.25, 0.3) is 0 Å². The van der Waals surface area contributed by atoms with E-state index in [1.54, 1.807) is 11.8 Å². The first-order valence-corrected chi connectivity index (χ1v) is 8.49. The van der Waals surface area contributed by atoms with Crippen LogP contribution in [0.4, 0.5) is 19.0 Å². The van der Waals surface area contributed by atoms with Gasteiger partial charge in [-0.05, 0) is 24.6 Å². The van der Waals surface area contributed by atoms with Crippen LogP contribution in [-0.4, -0.2) is 45.8 Å². The number of likely N-dealkylation sites (tertiary alicyclic amines) is 1. The van der Waals surface area contributed by atoms with Crippen molar-refractivity contribution in [2.45, 2.75) is 31.2 Å². The van der Waals surface area contributed by atoms with Crippen molar-refractivity contribution in [3.63, 3.8) is 0 Å². The minimum absolute atomic E-state index is 0.0372. The molecule has 0 aromatic carbocycles. The number of hydrogen-bond acceptors (Lipinski definition) is 4. The second kappa shape index (κ2) is 7.51. The van der Waals surface area contributed by atoms with Crippen LogP contribution >= 0.6 is 0 Å². The zero-order valence-corrected chi connectivity index (χ0v) is 14.6. The van der Waals surface area contributed by atoms with E-state index >= 15 is 0 Å². The quantitative estimate of drug-likeness (QED) is 0.854. The number of aromatic amines is 1. The Kier molecular flexibility index (Phi) is 5.31. The molecule has 27 heavy (non-hydrogen) atoms. The maximum absolute atomic E-state index is 14.4. The average molecular weight is 380 g/mol. The summed E-state index contributed by atoms with van der Waals surface area (Å²) in [6.07, 6.45) is 1.87. The summed E-state index contributed by atoms with van der Waals surface area (Å²) in [5, 5.41) is 2.56. The Labute approximate surface area is 153 Å². The van der Waals surface area contributed by atoms with Crippen molar-refractivity contribution in [3.8, 4) is 0 Å². The predicted molar refractivity (Wildman–Crippen MR) is 93.2 cm³/mol. The molecule has 2 N–H and O–H groups in total. The van der Waals surface area contributed by atoms with E-state index in [0.29, 0.717) is 5.56 Å². The molecule has 0 radical (unpaired) electrons. The lowest BCUT2D eigenvalue weighted by molar-refractivity contribution is -0.125. The van der Waals surface area contributed by atoms with Gasteiger partial charge < -0.3 is 10.3 Å². The molecule has 144 valence electrons. The highest BCUT2D eigenvalue weighted by Gasteiger charge is 2.46. The number of nitrogens with one attached hydrogen (secondary N) is 2. The van der Waals surface area contributed by atoms with Crippen molar-refractivity contribution >= 4 is 11.7 Å². The van der Waals surface area contributed by atoms with Gasteiger partial charge in [-0.1, -0.05) is 6.07 Å². The summed E-state index contributed by atoms with van der Waals surface area (Å²) in [7, 11) is 0. The Morgan fingerprint density at radius 3 is 2.78 bits per heavy atom. The second-order valence-electron chi connectivity index (χ2n) is 6.57. The minimum Gasteiger partial charge on any atom is -0.329 e. The number of carbonyl (C=O) groups excluding carboxylic acids is 1. The summed E-state index contributed by atoms with van der Waals surface area (Å²) in [4.78, 5) is 31.4. The third kappa shape index (κ3) is 4.36. The van der Waals surface area contributed by atoms with Gasteiger partial charge in [-0.25, -0.2) is 18.2 Å². The Morgan fingerprint density at radius 2 is 2.15 bits per heavy atom. The first kappa shape index (κ1) is 19.1. The number of carbonyl (C=O) groups is 1. The zero-order chi connectivity index (χ0) is 19.6. The SMILES string of the molecule is CC(C(=O)Nc1ccc(F)cn1)N1CCC(F)(F)C(c2ccc(=O)[nH]c2)C1. The Hall–Kier alpha value is -2.68. The molecule has 2 aromatic heterocycles. The molecule has 3 rings (SSSR count). The number of pyridine rings is 2. The molecule has 1 fully saturated rings. The Balaban J connectivity index is 1.72. The molecule has 2 unspecified atom stereocenters. The van der Waals surface area contributed by atoms with Crippen LogP contribution in [0.3, 0.4) is 0 Å². The van der Waals surface area contributed by atoms with Crippen LogP contribution in [0.5, 0.6) is 0 Å². The number of nitrogens with zero attached hydrogens (tertiary/aromatic N) is 2. The first-order chi connectivity index (χ1) is 12.8. The van der Waals surface area contributed by atoms with E-state index in [1.165, 1.54) is 30.5 Å². The molecule has 1 aliphatic heterocycles. The lowest BCUT2D eigenvalue weighted by Crippen LogP contribution is -2.52. The van der Waals surface area contributed by atoms with E-state index in [1.807, 2.05) is 0 Å². The van der Waals surface area contributed by atoms with Gasteiger partial charge in [0.2, 0.25) is 11.5 Å². The summed E-state index contributed by atoms with van der Waals surface area (Å²) in [5.41, 5.74) is -0.0496. The average Bonchev–Trinajstić information content (AvgIpc) is 2.64. The highest BCUT2D eigenvalue weighted by atomic mass is 19.3. The van der Waals surface area contributed by atoms with Crippen LogP contribution < -0.4 is 10.9 Å². The molecule has 3 heterocycles. The third-order valence-corrected chi connectivity index (χ3v) is 4.78. The minimum atomic E-state index is -2.94. The van der Waals surface area contributed by atoms with Gasteiger partial charge in [0.25, 0.3) is 5.92 Å². The molecule has 2 aromatic rings. The van der Waals surface area contributed by atoms with Crippen molar-refractivity contribution in [2.75, 3.05) is 18.4 Å². The third-order valence-electron chi connectivity index (χ3n) is 4.78. The monoisotopic (exact) mass is 380 g/mol. The van der Waals surface area contributed by atoms with Gasteiger partial charge in [-0.2, -0.15) is 0 Å². The van der Waals surface area contributed by atoms with E-state index in [0.717, 1.165) is 6.20 Å². The van der Waals surface area contributed by atoms with Gasteiger partial charge in [0.15, 0.2) is 0 Å². The molecule has 0 spiro atoms. The van der Waals surface area contributed by atoms with Crippen molar-refractivity contribution in [3.05, 3.63) is 58.4 Å². The van der Waals surface area contributed by atoms with Gasteiger partial charge in [-0.15, -0.1) is 0 Å². The Bertz CT molecular complexity index is 849. The first-order valence-electron chi connectivity index (χ1n) is 8.49. The smallest absolute Gasteiger partial charge is 0.257 e. The van der Waals surface area contributed by atoms with Gasteiger partial charge in [0, 0.05) is 31.8 Å². The number of halogens is 3.